The Kier molecular flexibility index (Phi) is 5.56. The van der Waals surface area contributed by atoms with Crippen molar-refractivity contribution in [1.29, 1.82) is 15.8 Å². The van der Waals surface area contributed by atoms with Crippen LogP contribution in [0.1, 0.15) is 16.7 Å². The highest BCUT2D eigenvalue weighted by Crippen LogP contribution is 2.43. The average Bonchev–Trinajstić information content (AvgIpc) is 3.65. The van der Waals surface area contributed by atoms with Crippen molar-refractivity contribution in [2.24, 2.45) is 0 Å². The van der Waals surface area contributed by atoms with Gasteiger partial charge in [0.1, 0.15) is 22.3 Å². The molecule has 0 atom stereocenters. The van der Waals surface area contributed by atoms with E-state index in [-0.39, 0.29) is 0 Å². The lowest BCUT2D eigenvalue weighted by molar-refractivity contribution is 0.668. The first-order chi connectivity index (χ1) is 21.6. The number of rotatable bonds is 3. The molecule has 0 radical (unpaired) electrons. The Morgan fingerprint density at radius 1 is 0.409 bits per heavy atom. The van der Waals surface area contributed by atoms with E-state index in [1.165, 1.54) is 0 Å². The fraction of sp³-hybridized carbons (Fsp3) is 0. The highest BCUT2D eigenvalue weighted by Gasteiger charge is 2.18. The summed E-state index contributed by atoms with van der Waals surface area (Å²) in [6.45, 7) is 0. The van der Waals surface area contributed by atoms with Gasteiger partial charge in [-0.2, -0.15) is 15.8 Å². The lowest BCUT2D eigenvalue weighted by Gasteiger charge is -2.13. The first-order valence-electron chi connectivity index (χ1n) is 14.0. The zero-order chi connectivity index (χ0) is 29.8. The van der Waals surface area contributed by atoms with E-state index in [1.807, 2.05) is 72.8 Å². The molecule has 0 aliphatic heterocycles. The highest BCUT2D eigenvalue weighted by atomic mass is 16.3. The van der Waals surface area contributed by atoms with Crippen molar-refractivity contribution in [1.82, 2.24) is 0 Å². The lowest BCUT2D eigenvalue weighted by Crippen LogP contribution is -1.89. The van der Waals surface area contributed by atoms with Crippen LogP contribution in [0, 0.1) is 34.0 Å². The molecule has 0 amide bonds. The third-order valence-corrected chi connectivity index (χ3v) is 8.16. The molecule has 5 nitrogen and oxygen atoms in total. The third kappa shape index (κ3) is 3.84. The Bertz CT molecular complexity index is 2450. The molecule has 8 rings (SSSR count). The number of hydrogen-bond acceptors (Lipinski definition) is 5. The quantitative estimate of drug-likeness (QED) is 0.214. The number of nitriles is 3. The Morgan fingerprint density at radius 2 is 0.886 bits per heavy atom. The summed E-state index contributed by atoms with van der Waals surface area (Å²) in [5.74, 6) is 0. The second-order valence-corrected chi connectivity index (χ2v) is 10.7. The Labute approximate surface area is 251 Å². The van der Waals surface area contributed by atoms with Crippen LogP contribution in [0.25, 0.3) is 77.3 Å². The fourth-order valence-electron chi connectivity index (χ4n) is 6.20. The van der Waals surface area contributed by atoms with Crippen LogP contribution >= 0.6 is 0 Å². The number of benzene rings is 6. The molecular weight excluding hydrogens is 542 g/mol. The first-order valence-corrected chi connectivity index (χ1v) is 14.0. The zero-order valence-corrected chi connectivity index (χ0v) is 23.1. The molecule has 5 heteroatoms. The molecule has 0 aliphatic rings. The van der Waals surface area contributed by atoms with E-state index < -0.39 is 0 Å². The summed E-state index contributed by atoms with van der Waals surface area (Å²) in [4.78, 5) is 0. The van der Waals surface area contributed by atoms with Crippen molar-refractivity contribution in [2.75, 3.05) is 0 Å². The summed E-state index contributed by atoms with van der Waals surface area (Å²) in [5.41, 5.74) is 10.0. The molecular formula is C39H19N3O2. The number of nitrogens with zero attached hydrogens (tertiary/aromatic N) is 3. The van der Waals surface area contributed by atoms with Crippen molar-refractivity contribution >= 4 is 43.9 Å². The molecule has 0 saturated heterocycles. The number of hydrogen-bond donors (Lipinski definition) is 0. The normalized spacial score (nSPS) is 11.1. The van der Waals surface area contributed by atoms with Gasteiger partial charge in [-0.15, -0.1) is 0 Å². The fourth-order valence-corrected chi connectivity index (χ4v) is 6.20. The molecule has 202 valence electrons. The van der Waals surface area contributed by atoms with Crippen LogP contribution in [0.2, 0.25) is 0 Å². The summed E-state index contributed by atoms with van der Waals surface area (Å²) in [5, 5.41) is 32.8. The van der Waals surface area contributed by atoms with Crippen molar-refractivity contribution in [2.45, 2.75) is 0 Å². The van der Waals surface area contributed by atoms with Gasteiger partial charge in [0.05, 0.1) is 34.9 Å². The maximum Gasteiger partial charge on any atom is 0.136 e. The predicted octanol–water partition coefficient (Wildman–Crippen LogP) is 10.1. The molecule has 0 fully saturated rings. The van der Waals surface area contributed by atoms with Crippen LogP contribution < -0.4 is 0 Å². The second-order valence-electron chi connectivity index (χ2n) is 10.7. The molecule has 0 N–H and O–H groups in total. The minimum Gasteiger partial charge on any atom is -0.456 e. The largest absolute Gasteiger partial charge is 0.456 e. The molecule has 0 spiro atoms. The summed E-state index contributed by atoms with van der Waals surface area (Å²) >= 11 is 0. The van der Waals surface area contributed by atoms with Crippen molar-refractivity contribution in [3.63, 3.8) is 0 Å². The standard InChI is InChI=1S/C39H19N3O2/c40-20-23-11-13-34-32(15-23)38-30(7-3-9-36(38)43-34)27-17-26(29-6-2-1-5-25(29)22-42)18-28(19-27)31-8-4-10-37-39(31)33-16-24(21-41)12-14-35(33)44-37/h1-19H. The zero-order valence-electron chi connectivity index (χ0n) is 23.1. The summed E-state index contributed by atoms with van der Waals surface area (Å²) in [6.07, 6.45) is 0. The van der Waals surface area contributed by atoms with E-state index in [9.17, 15) is 15.8 Å². The van der Waals surface area contributed by atoms with Gasteiger partial charge in [0.15, 0.2) is 0 Å². The van der Waals surface area contributed by atoms with Crippen LogP contribution in [-0.2, 0) is 0 Å². The molecule has 0 saturated carbocycles. The molecule has 2 heterocycles. The van der Waals surface area contributed by atoms with Gasteiger partial charge in [-0.05, 0) is 106 Å². The summed E-state index contributed by atoms with van der Waals surface area (Å²) in [7, 11) is 0. The Balaban J connectivity index is 1.47. The highest BCUT2D eigenvalue weighted by molar-refractivity contribution is 6.15. The van der Waals surface area contributed by atoms with Gasteiger partial charge < -0.3 is 8.83 Å². The van der Waals surface area contributed by atoms with Gasteiger partial charge in [0, 0.05) is 21.5 Å². The van der Waals surface area contributed by atoms with E-state index in [2.05, 4.69) is 48.5 Å². The van der Waals surface area contributed by atoms with Gasteiger partial charge in [0.25, 0.3) is 0 Å². The molecule has 44 heavy (non-hydrogen) atoms. The van der Waals surface area contributed by atoms with E-state index in [0.29, 0.717) is 27.9 Å². The topological polar surface area (TPSA) is 97.7 Å². The van der Waals surface area contributed by atoms with Crippen molar-refractivity contribution < 1.29 is 8.83 Å². The van der Waals surface area contributed by atoms with Crippen LogP contribution in [0.5, 0.6) is 0 Å². The van der Waals surface area contributed by atoms with Gasteiger partial charge in [-0.25, -0.2) is 0 Å². The molecule has 8 aromatic rings. The van der Waals surface area contributed by atoms with Crippen LogP contribution in [0.3, 0.4) is 0 Å². The number of fused-ring (bicyclic) bond motifs is 6. The minimum absolute atomic E-state index is 0.558. The molecule has 0 bridgehead atoms. The van der Waals surface area contributed by atoms with Gasteiger partial charge in [-0.1, -0.05) is 42.5 Å². The SMILES string of the molecule is N#Cc1ccc2oc3cccc(-c4cc(-c5ccccc5C#N)cc(-c5cccc6oc7ccc(C#N)cc7c56)c4)c3c2c1. The van der Waals surface area contributed by atoms with Gasteiger partial charge in [-0.3, -0.25) is 0 Å². The van der Waals surface area contributed by atoms with E-state index in [0.717, 1.165) is 66.1 Å². The van der Waals surface area contributed by atoms with E-state index >= 15 is 0 Å². The average molecular weight is 562 g/mol. The van der Waals surface area contributed by atoms with Crippen LogP contribution in [-0.4, -0.2) is 0 Å². The molecule has 6 aromatic carbocycles. The maximum atomic E-state index is 9.99. The maximum absolute atomic E-state index is 9.99. The molecule has 0 unspecified atom stereocenters. The first kappa shape index (κ1) is 25.1. The second kappa shape index (κ2) is 9.74. The Hall–Kier alpha value is -6.61. The van der Waals surface area contributed by atoms with Crippen molar-refractivity contribution in [3.05, 3.63) is 132 Å². The monoisotopic (exact) mass is 561 g/mol. The van der Waals surface area contributed by atoms with Gasteiger partial charge >= 0.3 is 0 Å². The molecule has 0 aliphatic carbocycles. The summed E-state index contributed by atoms with van der Waals surface area (Å²) < 4.78 is 12.4. The van der Waals surface area contributed by atoms with E-state index in [4.69, 9.17) is 8.83 Å². The van der Waals surface area contributed by atoms with Crippen LogP contribution in [0.4, 0.5) is 0 Å². The lowest BCUT2D eigenvalue weighted by atomic mass is 9.89. The van der Waals surface area contributed by atoms with Crippen LogP contribution in [0.15, 0.2) is 124 Å². The van der Waals surface area contributed by atoms with E-state index in [1.54, 1.807) is 12.1 Å². The predicted molar refractivity (Wildman–Crippen MR) is 171 cm³/mol. The summed E-state index contributed by atoms with van der Waals surface area (Å²) in [6, 6.07) is 43.6. The smallest absolute Gasteiger partial charge is 0.136 e. The molecule has 2 aromatic heterocycles. The third-order valence-electron chi connectivity index (χ3n) is 8.16. The minimum atomic E-state index is 0.558. The van der Waals surface area contributed by atoms with Gasteiger partial charge in [0.2, 0.25) is 0 Å². The Morgan fingerprint density at radius 3 is 1.39 bits per heavy atom. The van der Waals surface area contributed by atoms with Crippen molar-refractivity contribution in [3.8, 4) is 51.6 Å². The number of furan rings is 2.